The summed E-state index contributed by atoms with van der Waals surface area (Å²) in [7, 11) is 0. The van der Waals surface area contributed by atoms with E-state index in [0.717, 1.165) is 6.42 Å². The Morgan fingerprint density at radius 2 is 1.34 bits per heavy atom. The van der Waals surface area contributed by atoms with Crippen LogP contribution in [0.5, 0.6) is 0 Å². The summed E-state index contributed by atoms with van der Waals surface area (Å²) in [4.78, 5) is 0. The fourth-order valence-electron chi connectivity index (χ4n) is 4.88. The first kappa shape index (κ1) is 20.3. The Kier molecular flexibility index (Phi) is 5.19. The second-order valence-corrected chi connectivity index (χ2v) is 8.70. The van der Waals surface area contributed by atoms with E-state index in [-0.39, 0.29) is 0 Å². The van der Waals surface area contributed by atoms with Gasteiger partial charge in [0.2, 0.25) is 0 Å². The average molecular weight is 416 g/mol. The maximum atomic E-state index is 2.42. The topological polar surface area (TPSA) is 4.93 Å². The SMILES string of the molecule is CC/C(C)=C(/c1ccccc1C)c1cc2c(cc1C)c1ccccc1n2-c1ccccc1. The molecule has 0 fully saturated rings. The number of aryl methyl sites for hydroxylation is 2. The van der Waals surface area contributed by atoms with Crippen molar-refractivity contribution in [2.75, 3.05) is 0 Å². The van der Waals surface area contributed by atoms with Crippen molar-refractivity contribution < 1.29 is 0 Å². The number of benzene rings is 4. The largest absolute Gasteiger partial charge is 0.309 e. The van der Waals surface area contributed by atoms with E-state index < -0.39 is 0 Å². The van der Waals surface area contributed by atoms with Gasteiger partial charge in [-0.15, -0.1) is 0 Å². The summed E-state index contributed by atoms with van der Waals surface area (Å²) in [6.45, 7) is 9.00. The summed E-state index contributed by atoms with van der Waals surface area (Å²) in [6, 6.07) is 33.0. The van der Waals surface area contributed by atoms with Gasteiger partial charge in [-0.25, -0.2) is 0 Å². The number of fused-ring (bicyclic) bond motifs is 3. The maximum Gasteiger partial charge on any atom is 0.0547 e. The molecular formula is C31H29N. The summed E-state index contributed by atoms with van der Waals surface area (Å²) in [5, 5.41) is 2.61. The Balaban J connectivity index is 1.89. The van der Waals surface area contributed by atoms with Gasteiger partial charge in [-0.2, -0.15) is 0 Å². The Hall–Kier alpha value is -3.58. The highest BCUT2D eigenvalue weighted by molar-refractivity contribution is 6.10. The van der Waals surface area contributed by atoms with Crippen molar-refractivity contribution in [3.05, 3.63) is 119 Å². The lowest BCUT2D eigenvalue weighted by molar-refractivity contribution is 1.10. The van der Waals surface area contributed by atoms with Crippen LogP contribution in [0.2, 0.25) is 0 Å². The minimum absolute atomic E-state index is 1.03. The molecule has 0 aliphatic rings. The number of hydrogen-bond donors (Lipinski definition) is 0. The van der Waals surface area contributed by atoms with Crippen molar-refractivity contribution in [1.29, 1.82) is 0 Å². The summed E-state index contributed by atoms with van der Waals surface area (Å²) in [5.74, 6) is 0. The lowest BCUT2D eigenvalue weighted by atomic mass is 9.87. The van der Waals surface area contributed by atoms with Crippen LogP contribution in [0, 0.1) is 13.8 Å². The van der Waals surface area contributed by atoms with Gasteiger partial charge < -0.3 is 4.57 Å². The molecule has 4 aromatic carbocycles. The molecule has 0 spiro atoms. The van der Waals surface area contributed by atoms with E-state index in [9.17, 15) is 0 Å². The first-order valence-corrected chi connectivity index (χ1v) is 11.5. The molecule has 0 bridgehead atoms. The van der Waals surface area contributed by atoms with E-state index in [0.29, 0.717) is 0 Å². The van der Waals surface area contributed by atoms with Crippen LogP contribution in [-0.2, 0) is 0 Å². The Bertz CT molecular complexity index is 1470. The first-order valence-electron chi connectivity index (χ1n) is 11.5. The van der Waals surface area contributed by atoms with Gasteiger partial charge in [0.05, 0.1) is 11.0 Å². The molecule has 1 aromatic heterocycles. The molecule has 1 nitrogen and oxygen atoms in total. The number of aromatic nitrogens is 1. The third-order valence-corrected chi connectivity index (χ3v) is 6.67. The molecule has 5 rings (SSSR count). The fourth-order valence-corrected chi connectivity index (χ4v) is 4.88. The van der Waals surface area contributed by atoms with Crippen molar-refractivity contribution in [1.82, 2.24) is 4.57 Å². The van der Waals surface area contributed by atoms with Gasteiger partial charge in [0.15, 0.2) is 0 Å². The molecule has 0 aliphatic heterocycles. The van der Waals surface area contributed by atoms with Gasteiger partial charge in [0, 0.05) is 16.5 Å². The molecule has 0 saturated carbocycles. The zero-order chi connectivity index (χ0) is 22.2. The second-order valence-electron chi connectivity index (χ2n) is 8.70. The van der Waals surface area contributed by atoms with E-state index >= 15 is 0 Å². The molecule has 0 aliphatic carbocycles. The third-order valence-electron chi connectivity index (χ3n) is 6.67. The lowest BCUT2D eigenvalue weighted by Crippen LogP contribution is -1.99. The lowest BCUT2D eigenvalue weighted by Gasteiger charge is -2.18. The molecular weight excluding hydrogens is 386 g/mol. The molecule has 158 valence electrons. The van der Waals surface area contributed by atoms with Crippen molar-refractivity contribution in [2.24, 2.45) is 0 Å². The Labute approximate surface area is 190 Å². The highest BCUT2D eigenvalue weighted by Gasteiger charge is 2.18. The zero-order valence-electron chi connectivity index (χ0n) is 19.3. The van der Waals surface area contributed by atoms with Crippen molar-refractivity contribution in [3.8, 4) is 5.69 Å². The van der Waals surface area contributed by atoms with Crippen LogP contribution >= 0.6 is 0 Å². The third kappa shape index (κ3) is 3.26. The highest BCUT2D eigenvalue weighted by Crippen LogP contribution is 2.38. The van der Waals surface area contributed by atoms with Crippen LogP contribution in [-0.4, -0.2) is 4.57 Å². The molecule has 0 amide bonds. The zero-order valence-corrected chi connectivity index (χ0v) is 19.3. The van der Waals surface area contributed by atoms with Crippen LogP contribution in [0.3, 0.4) is 0 Å². The number of hydrogen-bond acceptors (Lipinski definition) is 0. The standard InChI is InChI=1S/C31H29N/c1-5-21(2)31(25-16-10-9-13-22(25)3)27-20-30-28(19-23(27)4)26-17-11-12-18-29(26)32(30)24-14-7-6-8-15-24/h6-20H,5H2,1-4H3/b31-21-. The van der Waals surface area contributed by atoms with Crippen LogP contribution in [0.15, 0.2) is 96.6 Å². The number of para-hydroxylation sites is 2. The quantitative estimate of drug-likeness (QED) is 0.277. The monoisotopic (exact) mass is 415 g/mol. The van der Waals surface area contributed by atoms with Crippen LogP contribution in [0.25, 0.3) is 33.1 Å². The number of rotatable bonds is 4. The number of allylic oxidation sites excluding steroid dienone is 1. The van der Waals surface area contributed by atoms with Crippen LogP contribution in [0.1, 0.15) is 42.5 Å². The van der Waals surface area contributed by atoms with E-state index in [1.54, 1.807) is 0 Å². The van der Waals surface area contributed by atoms with Gasteiger partial charge >= 0.3 is 0 Å². The molecule has 0 unspecified atom stereocenters. The molecule has 0 radical (unpaired) electrons. The summed E-state index contributed by atoms with van der Waals surface area (Å²) in [6.07, 6.45) is 1.03. The van der Waals surface area contributed by atoms with Gasteiger partial charge in [0.1, 0.15) is 0 Å². The van der Waals surface area contributed by atoms with Crippen LogP contribution < -0.4 is 0 Å². The molecule has 1 heterocycles. The van der Waals surface area contributed by atoms with Crippen molar-refractivity contribution in [2.45, 2.75) is 34.1 Å². The van der Waals surface area contributed by atoms with Crippen molar-refractivity contribution >= 4 is 27.4 Å². The van der Waals surface area contributed by atoms with E-state index in [1.165, 1.54) is 60.9 Å². The van der Waals surface area contributed by atoms with E-state index in [2.05, 4.69) is 123 Å². The smallest absolute Gasteiger partial charge is 0.0547 e. The fraction of sp³-hybridized carbons (Fsp3) is 0.161. The summed E-state index contributed by atoms with van der Waals surface area (Å²) >= 11 is 0. The highest BCUT2D eigenvalue weighted by atomic mass is 15.0. The van der Waals surface area contributed by atoms with E-state index in [1.807, 2.05) is 0 Å². The van der Waals surface area contributed by atoms with Gasteiger partial charge in [-0.1, -0.05) is 73.2 Å². The Morgan fingerprint density at radius 3 is 2.09 bits per heavy atom. The predicted octanol–water partition coefficient (Wildman–Crippen LogP) is 8.63. The summed E-state index contributed by atoms with van der Waals surface area (Å²) in [5.41, 5.74) is 11.8. The second kappa shape index (κ2) is 8.16. The molecule has 0 saturated heterocycles. The number of nitrogens with zero attached hydrogens (tertiary/aromatic N) is 1. The molecule has 32 heavy (non-hydrogen) atoms. The average Bonchev–Trinajstić information content (AvgIpc) is 3.14. The molecule has 5 aromatic rings. The minimum Gasteiger partial charge on any atom is -0.309 e. The maximum absolute atomic E-state index is 2.42. The van der Waals surface area contributed by atoms with Gasteiger partial charge in [-0.3, -0.25) is 0 Å². The summed E-state index contributed by atoms with van der Waals surface area (Å²) < 4.78 is 2.41. The first-order chi connectivity index (χ1) is 15.6. The Morgan fingerprint density at radius 1 is 0.656 bits per heavy atom. The van der Waals surface area contributed by atoms with Gasteiger partial charge in [0.25, 0.3) is 0 Å². The molecule has 0 N–H and O–H groups in total. The normalized spacial score (nSPS) is 12.4. The molecule has 0 atom stereocenters. The van der Waals surface area contributed by atoms with Crippen LogP contribution in [0.4, 0.5) is 0 Å². The predicted molar refractivity (Wildman–Crippen MR) is 139 cm³/mol. The minimum atomic E-state index is 1.03. The van der Waals surface area contributed by atoms with E-state index in [4.69, 9.17) is 0 Å². The van der Waals surface area contributed by atoms with Gasteiger partial charge in [-0.05, 0) is 85.4 Å². The molecule has 1 heteroatoms. The van der Waals surface area contributed by atoms with Crippen molar-refractivity contribution in [3.63, 3.8) is 0 Å².